The number of aryl methyl sites for hydroxylation is 1. The first-order chi connectivity index (χ1) is 8.85. The van der Waals surface area contributed by atoms with Gasteiger partial charge < -0.3 is 4.57 Å². The maximum absolute atomic E-state index is 12.1. The largest absolute Gasteiger partial charge is 0.348 e. The van der Waals surface area contributed by atoms with Crippen LogP contribution in [0, 0.1) is 17.3 Å². The zero-order chi connectivity index (χ0) is 13.9. The summed E-state index contributed by atoms with van der Waals surface area (Å²) in [5.41, 5.74) is 0.291. The lowest BCUT2D eigenvalue weighted by Gasteiger charge is -2.19. The third-order valence-electron chi connectivity index (χ3n) is 4.42. The highest BCUT2D eigenvalue weighted by atomic mass is 16.2. The summed E-state index contributed by atoms with van der Waals surface area (Å²) in [6.45, 7) is 3.71. The summed E-state index contributed by atoms with van der Waals surface area (Å²) < 4.78 is 1.69. The van der Waals surface area contributed by atoms with Crippen molar-refractivity contribution in [2.45, 2.75) is 13.8 Å². The van der Waals surface area contributed by atoms with E-state index in [9.17, 15) is 14.4 Å². The topological polar surface area (TPSA) is 59.4 Å². The van der Waals surface area contributed by atoms with Crippen molar-refractivity contribution < 1.29 is 14.4 Å². The standard InChI is InChI=1S/C14H16N2O3/c1-14(2)10-11(14)13(19)16(12(10)18)7-9(17)8-5-4-6-15(8)3/h4-6,10-11H,7H2,1-3H3. The molecule has 100 valence electrons. The number of Topliss-reactive ketones (excluding diaryl/α,β-unsaturated/α-hetero) is 1. The highest BCUT2D eigenvalue weighted by Gasteiger charge is 2.72. The molecule has 0 bridgehead atoms. The lowest BCUT2D eigenvalue weighted by molar-refractivity contribution is -0.142. The predicted octanol–water partition coefficient (Wildman–Crippen LogP) is 0.849. The van der Waals surface area contributed by atoms with Gasteiger partial charge in [0, 0.05) is 13.2 Å². The number of nitrogens with zero attached hydrogens (tertiary/aromatic N) is 2. The monoisotopic (exact) mass is 260 g/mol. The second kappa shape index (κ2) is 3.56. The SMILES string of the molecule is Cn1cccc1C(=O)CN1C(=O)C2C(C1=O)C2(C)C. The molecule has 3 rings (SSSR count). The summed E-state index contributed by atoms with van der Waals surface area (Å²) >= 11 is 0. The van der Waals surface area contributed by atoms with Crippen molar-refractivity contribution in [3.8, 4) is 0 Å². The Morgan fingerprint density at radius 3 is 2.32 bits per heavy atom. The summed E-state index contributed by atoms with van der Waals surface area (Å²) in [4.78, 5) is 37.4. The molecule has 0 spiro atoms. The lowest BCUT2D eigenvalue weighted by atomic mass is 10.1. The van der Waals surface area contributed by atoms with Crippen molar-refractivity contribution in [3.63, 3.8) is 0 Å². The number of ketones is 1. The highest BCUT2D eigenvalue weighted by molar-refractivity contribution is 6.13. The van der Waals surface area contributed by atoms with E-state index in [0.717, 1.165) is 4.90 Å². The van der Waals surface area contributed by atoms with Crippen molar-refractivity contribution in [1.29, 1.82) is 0 Å². The zero-order valence-corrected chi connectivity index (χ0v) is 11.2. The van der Waals surface area contributed by atoms with Crippen LogP contribution in [0.25, 0.3) is 0 Å². The van der Waals surface area contributed by atoms with Crippen LogP contribution in [-0.2, 0) is 16.6 Å². The Bertz CT molecular complexity index is 576. The molecule has 2 heterocycles. The molecule has 1 saturated carbocycles. The summed E-state index contributed by atoms with van der Waals surface area (Å²) in [5.74, 6) is -1.03. The van der Waals surface area contributed by atoms with Crippen LogP contribution in [0.4, 0.5) is 0 Å². The molecule has 2 fully saturated rings. The minimum Gasteiger partial charge on any atom is -0.348 e. The Morgan fingerprint density at radius 2 is 1.84 bits per heavy atom. The second-order valence-electron chi connectivity index (χ2n) is 5.97. The number of imide groups is 1. The van der Waals surface area contributed by atoms with Crippen molar-refractivity contribution in [1.82, 2.24) is 9.47 Å². The van der Waals surface area contributed by atoms with Gasteiger partial charge in [0.25, 0.3) is 0 Å². The fourth-order valence-electron chi connectivity index (χ4n) is 3.14. The van der Waals surface area contributed by atoms with Crippen LogP contribution in [0.2, 0.25) is 0 Å². The Morgan fingerprint density at radius 1 is 1.26 bits per heavy atom. The Labute approximate surface area is 111 Å². The van der Waals surface area contributed by atoms with Gasteiger partial charge in [-0.15, -0.1) is 0 Å². The van der Waals surface area contributed by atoms with E-state index in [2.05, 4.69) is 0 Å². The van der Waals surface area contributed by atoms with Crippen molar-refractivity contribution >= 4 is 17.6 Å². The van der Waals surface area contributed by atoms with E-state index in [0.29, 0.717) is 5.69 Å². The van der Waals surface area contributed by atoms with Gasteiger partial charge in [-0.1, -0.05) is 13.8 Å². The van der Waals surface area contributed by atoms with Crippen LogP contribution in [-0.4, -0.2) is 33.6 Å². The second-order valence-corrected chi connectivity index (χ2v) is 5.97. The smallest absolute Gasteiger partial charge is 0.234 e. The van der Waals surface area contributed by atoms with E-state index in [1.165, 1.54) is 0 Å². The third-order valence-corrected chi connectivity index (χ3v) is 4.42. The summed E-state index contributed by atoms with van der Waals surface area (Å²) in [6.07, 6.45) is 1.77. The van der Waals surface area contributed by atoms with E-state index < -0.39 is 0 Å². The molecule has 5 nitrogen and oxygen atoms in total. The van der Waals surface area contributed by atoms with Crippen LogP contribution in [0.1, 0.15) is 24.3 Å². The quantitative estimate of drug-likeness (QED) is 0.598. The van der Waals surface area contributed by atoms with Crippen LogP contribution in [0.15, 0.2) is 18.3 Å². The fourth-order valence-corrected chi connectivity index (χ4v) is 3.14. The number of aromatic nitrogens is 1. The number of fused-ring (bicyclic) bond motifs is 1. The molecule has 19 heavy (non-hydrogen) atoms. The number of hydrogen-bond acceptors (Lipinski definition) is 3. The van der Waals surface area contributed by atoms with Crippen molar-refractivity contribution in [2.24, 2.45) is 24.3 Å². The molecule has 1 aromatic heterocycles. The number of amides is 2. The first kappa shape index (κ1) is 12.1. The molecule has 2 atom stereocenters. The zero-order valence-electron chi connectivity index (χ0n) is 11.2. The van der Waals surface area contributed by atoms with Crippen molar-refractivity contribution in [2.75, 3.05) is 6.54 Å². The van der Waals surface area contributed by atoms with Crippen LogP contribution < -0.4 is 0 Å². The van der Waals surface area contributed by atoms with Gasteiger partial charge >= 0.3 is 0 Å². The molecule has 1 saturated heterocycles. The molecule has 1 aromatic rings. The van der Waals surface area contributed by atoms with E-state index in [1.54, 1.807) is 29.9 Å². The van der Waals surface area contributed by atoms with Gasteiger partial charge in [-0.05, 0) is 17.5 Å². The maximum atomic E-state index is 12.1. The summed E-state index contributed by atoms with van der Waals surface area (Å²) in [7, 11) is 1.77. The molecular weight excluding hydrogens is 244 g/mol. The van der Waals surface area contributed by atoms with Crippen LogP contribution >= 0.6 is 0 Å². The minimum absolute atomic E-state index is 0.140. The van der Waals surface area contributed by atoms with E-state index in [-0.39, 0.29) is 41.4 Å². The van der Waals surface area contributed by atoms with Gasteiger partial charge in [0.15, 0.2) is 5.78 Å². The maximum Gasteiger partial charge on any atom is 0.234 e. The van der Waals surface area contributed by atoms with E-state index in [1.807, 2.05) is 13.8 Å². The Balaban J connectivity index is 1.77. The van der Waals surface area contributed by atoms with Crippen LogP contribution in [0.5, 0.6) is 0 Å². The summed E-state index contributed by atoms with van der Waals surface area (Å²) in [6, 6.07) is 3.46. The Kier molecular flexibility index (Phi) is 2.27. The van der Waals surface area contributed by atoms with Gasteiger partial charge in [0.1, 0.15) is 0 Å². The predicted molar refractivity (Wildman–Crippen MR) is 67.2 cm³/mol. The van der Waals surface area contributed by atoms with Gasteiger partial charge in [-0.25, -0.2) is 0 Å². The highest BCUT2D eigenvalue weighted by Crippen LogP contribution is 2.63. The normalized spacial score (nSPS) is 27.6. The molecule has 0 N–H and O–H groups in total. The molecule has 0 radical (unpaired) electrons. The van der Waals surface area contributed by atoms with Gasteiger partial charge in [0.2, 0.25) is 11.8 Å². The molecule has 5 heteroatoms. The molecule has 2 aliphatic rings. The molecule has 1 aliphatic heterocycles. The van der Waals surface area contributed by atoms with Gasteiger partial charge in [-0.2, -0.15) is 0 Å². The average molecular weight is 260 g/mol. The van der Waals surface area contributed by atoms with Crippen molar-refractivity contribution in [3.05, 3.63) is 24.0 Å². The first-order valence-corrected chi connectivity index (χ1v) is 6.35. The van der Waals surface area contributed by atoms with Gasteiger partial charge in [-0.3, -0.25) is 19.3 Å². The minimum atomic E-state index is -0.224. The molecule has 0 aromatic carbocycles. The molecule has 2 amide bonds. The van der Waals surface area contributed by atoms with Gasteiger partial charge in [0.05, 0.1) is 24.1 Å². The number of hydrogen-bond donors (Lipinski definition) is 0. The third kappa shape index (κ3) is 1.50. The number of piperidine rings is 1. The van der Waals surface area contributed by atoms with Crippen LogP contribution in [0.3, 0.4) is 0 Å². The number of rotatable bonds is 3. The molecule has 1 aliphatic carbocycles. The number of carbonyl (C=O) groups is 3. The lowest BCUT2D eigenvalue weighted by Crippen LogP contribution is -2.40. The molecular formula is C14H16N2O3. The summed E-state index contributed by atoms with van der Waals surface area (Å²) in [5, 5.41) is 0. The molecule has 2 unspecified atom stereocenters. The first-order valence-electron chi connectivity index (χ1n) is 6.35. The Hall–Kier alpha value is -1.91. The average Bonchev–Trinajstić information content (AvgIpc) is 2.60. The van der Waals surface area contributed by atoms with E-state index in [4.69, 9.17) is 0 Å². The number of carbonyl (C=O) groups excluding carboxylic acids is 3. The fraction of sp³-hybridized carbons (Fsp3) is 0.500. The van der Waals surface area contributed by atoms with E-state index >= 15 is 0 Å². The number of likely N-dealkylation sites (tertiary alicyclic amines) is 1.